The largest absolute Gasteiger partial charge is 0.488 e. The highest BCUT2D eigenvalue weighted by molar-refractivity contribution is 5.82. The number of nitrogens with zero attached hydrogens (tertiary/aromatic N) is 4. The molecule has 1 saturated heterocycles. The van der Waals surface area contributed by atoms with Crippen molar-refractivity contribution in [1.29, 1.82) is 0 Å². The van der Waals surface area contributed by atoms with Crippen molar-refractivity contribution >= 4 is 22.9 Å². The molecule has 2 fully saturated rings. The molecule has 0 atom stereocenters. The Balaban J connectivity index is 1.09. The zero-order valence-corrected chi connectivity index (χ0v) is 17.3. The van der Waals surface area contributed by atoms with Gasteiger partial charge in [-0.2, -0.15) is 0 Å². The fourth-order valence-electron chi connectivity index (χ4n) is 4.31. The average Bonchev–Trinajstić information content (AvgIpc) is 3.20. The molecule has 8 nitrogen and oxygen atoms in total. The molecule has 0 radical (unpaired) electrons. The number of benzene rings is 1. The van der Waals surface area contributed by atoms with E-state index in [2.05, 4.69) is 25.3 Å². The van der Waals surface area contributed by atoms with E-state index in [4.69, 9.17) is 4.74 Å². The number of rotatable bonds is 5. The maximum Gasteiger partial charge on any atom is 0.225 e. The van der Waals surface area contributed by atoms with Gasteiger partial charge in [0.25, 0.3) is 0 Å². The van der Waals surface area contributed by atoms with Crippen molar-refractivity contribution < 1.29 is 13.9 Å². The molecule has 9 heteroatoms. The van der Waals surface area contributed by atoms with Gasteiger partial charge in [-0.1, -0.05) is 0 Å². The number of carbonyl (C=O) groups is 1. The Morgan fingerprint density at radius 3 is 2.68 bits per heavy atom. The predicted molar refractivity (Wildman–Crippen MR) is 113 cm³/mol. The standard InChI is InChI=1S/C22H25FN6O2/c1-13-6-18-20(27-12-26-18)19(7-13)31-17-8-14(9-17)21(30)28-16-2-4-29(5-3-16)22-24-10-15(23)11-25-22/h6-7,10-12,14,16-17H,2-5,8-9H2,1H3,(H,26,27)(H,28,30). The Morgan fingerprint density at radius 1 is 1.19 bits per heavy atom. The maximum absolute atomic E-state index is 13.0. The summed E-state index contributed by atoms with van der Waals surface area (Å²) < 4.78 is 19.1. The van der Waals surface area contributed by atoms with Gasteiger partial charge in [-0.15, -0.1) is 0 Å². The van der Waals surface area contributed by atoms with Crippen LogP contribution in [0.2, 0.25) is 0 Å². The van der Waals surface area contributed by atoms with Crippen molar-refractivity contribution in [2.45, 2.75) is 44.8 Å². The Hall–Kier alpha value is -3.23. The smallest absolute Gasteiger partial charge is 0.225 e. The van der Waals surface area contributed by atoms with Gasteiger partial charge in [0.05, 0.1) is 24.2 Å². The Bertz CT molecular complexity index is 1070. The predicted octanol–water partition coefficient (Wildman–Crippen LogP) is 2.74. The van der Waals surface area contributed by atoms with Crippen molar-refractivity contribution in [3.63, 3.8) is 0 Å². The fraction of sp³-hybridized carbons (Fsp3) is 0.455. The molecule has 1 amide bonds. The molecule has 3 heterocycles. The Morgan fingerprint density at radius 2 is 1.94 bits per heavy atom. The summed E-state index contributed by atoms with van der Waals surface area (Å²) in [6.45, 7) is 3.50. The molecular formula is C22H25FN6O2. The van der Waals surface area contributed by atoms with Crippen molar-refractivity contribution in [1.82, 2.24) is 25.3 Å². The van der Waals surface area contributed by atoms with Crippen LogP contribution in [0.15, 0.2) is 30.9 Å². The highest BCUT2D eigenvalue weighted by atomic mass is 19.1. The molecule has 0 spiro atoms. The first-order chi connectivity index (χ1) is 15.0. The normalized spacial score (nSPS) is 21.7. The summed E-state index contributed by atoms with van der Waals surface area (Å²) in [6, 6.07) is 4.18. The first kappa shape index (κ1) is 19.7. The van der Waals surface area contributed by atoms with E-state index >= 15 is 0 Å². The summed E-state index contributed by atoms with van der Waals surface area (Å²) in [6.07, 6.45) is 7.14. The number of nitrogens with one attached hydrogen (secondary N) is 2. The van der Waals surface area contributed by atoms with Crippen molar-refractivity contribution in [2.24, 2.45) is 5.92 Å². The number of carbonyl (C=O) groups excluding carboxylic acids is 1. The zero-order chi connectivity index (χ0) is 21.4. The van der Waals surface area contributed by atoms with E-state index in [0.717, 1.165) is 48.3 Å². The Labute approximate surface area is 179 Å². The topological polar surface area (TPSA) is 96.0 Å². The molecule has 1 aliphatic carbocycles. The van der Waals surface area contributed by atoms with Gasteiger partial charge < -0.3 is 19.9 Å². The molecule has 0 bridgehead atoms. The van der Waals surface area contributed by atoms with Crippen LogP contribution >= 0.6 is 0 Å². The average molecular weight is 424 g/mol. The second-order valence-corrected chi connectivity index (χ2v) is 8.44. The number of hydrogen-bond acceptors (Lipinski definition) is 6. The highest BCUT2D eigenvalue weighted by Crippen LogP contribution is 2.34. The van der Waals surface area contributed by atoms with E-state index in [1.54, 1.807) is 6.33 Å². The number of aryl methyl sites for hydroxylation is 1. The van der Waals surface area contributed by atoms with Crippen molar-refractivity contribution in [2.75, 3.05) is 18.0 Å². The van der Waals surface area contributed by atoms with Crippen LogP contribution in [0.3, 0.4) is 0 Å². The lowest BCUT2D eigenvalue weighted by atomic mass is 9.81. The molecular weight excluding hydrogens is 399 g/mol. The SMILES string of the molecule is Cc1cc(OC2CC(C(=O)NC3CCN(c4ncc(F)cn4)CC3)C2)c2nc[nH]c2c1. The third kappa shape index (κ3) is 4.17. The third-order valence-corrected chi connectivity index (χ3v) is 6.12. The number of aromatic amines is 1. The minimum atomic E-state index is -0.440. The molecule has 2 N–H and O–H groups in total. The van der Waals surface area contributed by atoms with Crippen LogP contribution < -0.4 is 15.0 Å². The zero-order valence-electron chi connectivity index (χ0n) is 17.3. The van der Waals surface area contributed by atoms with Crippen LogP contribution in [0, 0.1) is 18.7 Å². The summed E-state index contributed by atoms with van der Waals surface area (Å²) in [7, 11) is 0. The second-order valence-electron chi connectivity index (χ2n) is 8.44. The van der Waals surface area contributed by atoms with Gasteiger partial charge in [0.2, 0.25) is 11.9 Å². The monoisotopic (exact) mass is 424 g/mol. The van der Waals surface area contributed by atoms with Gasteiger partial charge in [0, 0.05) is 25.0 Å². The summed E-state index contributed by atoms with van der Waals surface area (Å²) in [4.78, 5) is 30.2. The first-order valence-corrected chi connectivity index (χ1v) is 10.7. The van der Waals surface area contributed by atoms with Crippen LogP contribution in [0.4, 0.5) is 10.3 Å². The van der Waals surface area contributed by atoms with Crippen molar-refractivity contribution in [3.8, 4) is 5.75 Å². The summed E-state index contributed by atoms with van der Waals surface area (Å²) in [5, 5.41) is 3.18. The number of fused-ring (bicyclic) bond motifs is 1. The summed E-state index contributed by atoms with van der Waals surface area (Å²) in [5.74, 6) is 0.959. The molecule has 162 valence electrons. The maximum atomic E-state index is 13.0. The van der Waals surface area contributed by atoms with Gasteiger partial charge in [0.15, 0.2) is 5.82 Å². The quantitative estimate of drug-likeness (QED) is 0.654. The number of ether oxygens (including phenoxy) is 1. The Kier molecular flexibility index (Phi) is 5.17. The molecule has 2 aromatic heterocycles. The molecule has 1 aromatic carbocycles. The van der Waals surface area contributed by atoms with Crippen LogP contribution in [0.5, 0.6) is 5.75 Å². The molecule has 0 unspecified atom stereocenters. The van der Waals surface area contributed by atoms with Crippen LogP contribution in [-0.4, -0.2) is 51.1 Å². The van der Waals surface area contributed by atoms with Crippen LogP contribution in [0.25, 0.3) is 11.0 Å². The lowest BCUT2D eigenvalue weighted by Crippen LogP contribution is -2.50. The summed E-state index contributed by atoms with van der Waals surface area (Å²) in [5.41, 5.74) is 2.90. The van der Waals surface area contributed by atoms with Gasteiger partial charge in [-0.25, -0.2) is 19.3 Å². The van der Waals surface area contributed by atoms with Gasteiger partial charge in [-0.05, 0) is 50.3 Å². The van der Waals surface area contributed by atoms with E-state index < -0.39 is 5.82 Å². The van der Waals surface area contributed by atoms with Gasteiger partial charge in [0.1, 0.15) is 17.4 Å². The molecule has 5 rings (SSSR count). The number of anilines is 1. The number of imidazole rings is 1. The number of halogens is 1. The van der Waals surface area contributed by atoms with E-state index in [0.29, 0.717) is 18.8 Å². The number of H-pyrrole nitrogens is 1. The number of hydrogen-bond donors (Lipinski definition) is 2. The van der Waals surface area contributed by atoms with Gasteiger partial charge in [-0.3, -0.25) is 4.79 Å². The minimum Gasteiger partial charge on any atom is -0.488 e. The first-order valence-electron chi connectivity index (χ1n) is 10.7. The lowest BCUT2D eigenvalue weighted by Gasteiger charge is -2.37. The fourth-order valence-corrected chi connectivity index (χ4v) is 4.31. The van der Waals surface area contributed by atoms with E-state index in [-0.39, 0.29) is 24.0 Å². The highest BCUT2D eigenvalue weighted by Gasteiger charge is 2.37. The van der Waals surface area contributed by atoms with Crippen LogP contribution in [0.1, 0.15) is 31.2 Å². The van der Waals surface area contributed by atoms with E-state index in [1.165, 1.54) is 12.4 Å². The van der Waals surface area contributed by atoms with E-state index in [1.807, 2.05) is 24.0 Å². The van der Waals surface area contributed by atoms with E-state index in [9.17, 15) is 9.18 Å². The van der Waals surface area contributed by atoms with Crippen LogP contribution in [-0.2, 0) is 4.79 Å². The summed E-state index contributed by atoms with van der Waals surface area (Å²) >= 11 is 0. The third-order valence-electron chi connectivity index (χ3n) is 6.12. The second kappa shape index (κ2) is 8.13. The van der Waals surface area contributed by atoms with Crippen molar-refractivity contribution in [3.05, 3.63) is 42.2 Å². The molecule has 31 heavy (non-hydrogen) atoms. The number of amides is 1. The number of aromatic nitrogens is 4. The lowest BCUT2D eigenvalue weighted by molar-refractivity contribution is -0.131. The number of piperidine rings is 1. The van der Waals surface area contributed by atoms with Gasteiger partial charge >= 0.3 is 0 Å². The minimum absolute atomic E-state index is 0.0112. The molecule has 3 aromatic rings. The molecule has 1 aliphatic heterocycles. The molecule has 1 saturated carbocycles. The molecule has 2 aliphatic rings.